The zero-order valence-electron chi connectivity index (χ0n) is 15.2. The first kappa shape index (κ1) is 16.0. The van der Waals surface area contributed by atoms with Gasteiger partial charge in [0.25, 0.3) is 0 Å². The number of H-pyrrole nitrogens is 1. The Kier molecular flexibility index (Phi) is 3.84. The number of hydrogen-bond donors (Lipinski definition) is 1. The van der Waals surface area contributed by atoms with E-state index in [0.717, 1.165) is 54.4 Å². The number of piperidine rings is 1. The van der Waals surface area contributed by atoms with Crippen molar-refractivity contribution in [1.29, 1.82) is 0 Å². The summed E-state index contributed by atoms with van der Waals surface area (Å²) in [6.45, 7) is 2.54. The average Bonchev–Trinajstić information content (AvgIpc) is 3.44. The third-order valence-corrected chi connectivity index (χ3v) is 5.35. The molecular weight excluding hydrogens is 342 g/mol. The summed E-state index contributed by atoms with van der Waals surface area (Å²) in [6, 6.07) is 3.96. The number of aromatic amines is 1. The molecular formula is C18H21N9. The Morgan fingerprint density at radius 3 is 2.89 bits per heavy atom. The van der Waals surface area contributed by atoms with Crippen molar-refractivity contribution in [1.82, 2.24) is 39.5 Å². The molecule has 1 saturated heterocycles. The summed E-state index contributed by atoms with van der Waals surface area (Å²) in [5.41, 5.74) is 0.888. The van der Waals surface area contributed by atoms with Crippen LogP contribution in [0.25, 0.3) is 11.0 Å². The number of nitrogens with zero attached hydrogens (tertiary/aromatic N) is 8. The van der Waals surface area contributed by atoms with E-state index in [-0.39, 0.29) is 0 Å². The maximum absolute atomic E-state index is 4.52. The van der Waals surface area contributed by atoms with E-state index in [2.05, 4.69) is 39.7 Å². The third kappa shape index (κ3) is 2.84. The normalized spacial score (nSPS) is 15.7. The molecule has 4 aromatic rings. The summed E-state index contributed by atoms with van der Waals surface area (Å²) < 4.78 is 3.99. The molecule has 0 atom stereocenters. The van der Waals surface area contributed by atoms with Crippen LogP contribution >= 0.6 is 0 Å². The monoisotopic (exact) mass is 363 g/mol. The molecule has 1 fully saturated rings. The molecule has 0 aliphatic carbocycles. The summed E-state index contributed by atoms with van der Waals surface area (Å²) in [4.78, 5) is 14.3. The Bertz CT molecular complexity index is 1040. The number of hydrogen-bond acceptors (Lipinski definition) is 6. The average molecular weight is 363 g/mol. The van der Waals surface area contributed by atoms with Crippen LogP contribution in [0.3, 0.4) is 0 Å². The van der Waals surface area contributed by atoms with Gasteiger partial charge in [0.2, 0.25) is 0 Å². The van der Waals surface area contributed by atoms with E-state index in [9.17, 15) is 0 Å². The number of anilines is 1. The van der Waals surface area contributed by atoms with Gasteiger partial charge < -0.3 is 14.5 Å². The van der Waals surface area contributed by atoms with Crippen LogP contribution in [0.15, 0.2) is 37.1 Å². The first-order chi connectivity index (χ1) is 13.3. The van der Waals surface area contributed by atoms with Crippen molar-refractivity contribution >= 4 is 16.9 Å². The maximum atomic E-state index is 4.52. The summed E-state index contributed by atoms with van der Waals surface area (Å²) >= 11 is 0. The van der Waals surface area contributed by atoms with Gasteiger partial charge in [0.15, 0.2) is 5.82 Å². The van der Waals surface area contributed by atoms with Crippen LogP contribution in [0.1, 0.15) is 30.4 Å². The highest BCUT2D eigenvalue weighted by molar-refractivity contribution is 5.87. The minimum Gasteiger partial charge on any atom is -0.356 e. The molecule has 0 aromatic carbocycles. The highest BCUT2D eigenvalue weighted by Gasteiger charge is 2.26. The minimum atomic E-state index is 0.411. The van der Waals surface area contributed by atoms with Crippen LogP contribution in [0.4, 0.5) is 5.82 Å². The van der Waals surface area contributed by atoms with Crippen molar-refractivity contribution in [2.45, 2.75) is 25.3 Å². The summed E-state index contributed by atoms with van der Waals surface area (Å²) in [7, 11) is 2.05. The molecule has 0 spiro atoms. The van der Waals surface area contributed by atoms with Gasteiger partial charge in [0.05, 0.1) is 5.39 Å². The van der Waals surface area contributed by atoms with Gasteiger partial charge in [0, 0.05) is 44.6 Å². The van der Waals surface area contributed by atoms with Crippen LogP contribution in [0.2, 0.25) is 0 Å². The van der Waals surface area contributed by atoms with Gasteiger partial charge in [-0.15, -0.1) is 10.2 Å². The lowest BCUT2D eigenvalue weighted by Crippen LogP contribution is -2.34. The standard InChI is InChI=1S/C18H21N9/c1-25-15(11-27-8-2-6-22-27)23-24-17(25)13-4-9-26(10-5-13)18-14-3-7-19-16(14)20-12-21-18/h2-3,6-8,12-13H,4-5,9-11H2,1H3,(H,19,20,21). The van der Waals surface area contributed by atoms with Crippen LogP contribution in [0, 0.1) is 0 Å². The Labute approximate surface area is 156 Å². The van der Waals surface area contributed by atoms with Gasteiger partial charge in [-0.3, -0.25) is 4.68 Å². The van der Waals surface area contributed by atoms with Crippen molar-refractivity contribution < 1.29 is 0 Å². The molecule has 0 amide bonds. The van der Waals surface area contributed by atoms with E-state index < -0.39 is 0 Å². The van der Waals surface area contributed by atoms with Gasteiger partial charge in [-0.1, -0.05) is 0 Å². The largest absolute Gasteiger partial charge is 0.356 e. The molecule has 1 aliphatic heterocycles. The van der Waals surface area contributed by atoms with E-state index >= 15 is 0 Å². The lowest BCUT2D eigenvalue weighted by Gasteiger charge is -2.32. The predicted molar refractivity (Wildman–Crippen MR) is 100 cm³/mol. The first-order valence-corrected chi connectivity index (χ1v) is 9.18. The van der Waals surface area contributed by atoms with E-state index in [1.807, 2.05) is 36.3 Å². The van der Waals surface area contributed by atoms with E-state index in [1.54, 1.807) is 12.5 Å². The molecule has 9 nitrogen and oxygen atoms in total. The maximum Gasteiger partial charge on any atom is 0.154 e. The molecule has 0 radical (unpaired) electrons. The number of aromatic nitrogens is 8. The van der Waals surface area contributed by atoms with Crippen LogP contribution < -0.4 is 4.90 Å². The lowest BCUT2D eigenvalue weighted by molar-refractivity contribution is 0.470. The topological polar surface area (TPSA) is 93.3 Å². The number of fused-ring (bicyclic) bond motifs is 1. The minimum absolute atomic E-state index is 0.411. The fourth-order valence-electron chi connectivity index (χ4n) is 3.87. The lowest BCUT2D eigenvalue weighted by atomic mass is 9.96. The molecule has 4 aromatic heterocycles. The summed E-state index contributed by atoms with van der Waals surface area (Å²) in [6.07, 6.45) is 9.33. The zero-order valence-corrected chi connectivity index (χ0v) is 15.2. The molecule has 0 unspecified atom stereocenters. The first-order valence-electron chi connectivity index (χ1n) is 9.18. The number of nitrogens with one attached hydrogen (secondary N) is 1. The molecule has 5 heterocycles. The molecule has 1 aliphatic rings. The van der Waals surface area contributed by atoms with Gasteiger partial charge in [0.1, 0.15) is 30.2 Å². The highest BCUT2D eigenvalue weighted by Crippen LogP contribution is 2.31. The molecule has 1 N–H and O–H groups in total. The number of rotatable bonds is 4. The Balaban J connectivity index is 1.31. The quantitative estimate of drug-likeness (QED) is 0.593. The zero-order chi connectivity index (χ0) is 18.2. The SMILES string of the molecule is Cn1c(Cn2cccn2)nnc1C1CCN(c2ncnc3[nH]ccc23)CC1. The fourth-order valence-corrected chi connectivity index (χ4v) is 3.87. The van der Waals surface area contributed by atoms with Crippen molar-refractivity contribution in [2.75, 3.05) is 18.0 Å². The van der Waals surface area contributed by atoms with Crippen LogP contribution in [0.5, 0.6) is 0 Å². The Hall–Kier alpha value is -3.23. The smallest absolute Gasteiger partial charge is 0.154 e. The highest BCUT2D eigenvalue weighted by atomic mass is 15.3. The second-order valence-electron chi connectivity index (χ2n) is 6.94. The van der Waals surface area contributed by atoms with Gasteiger partial charge in [-0.25, -0.2) is 9.97 Å². The second kappa shape index (κ2) is 6.49. The Morgan fingerprint density at radius 2 is 2.07 bits per heavy atom. The summed E-state index contributed by atoms with van der Waals surface area (Å²) in [5, 5.41) is 14.2. The second-order valence-corrected chi connectivity index (χ2v) is 6.94. The Morgan fingerprint density at radius 1 is 1.19 bits per heavy atom. The van der Waals surface area contributed by atoms with E-state index in [0.29, 0.717) is 12.5 Å². The van der Waals surface area contributed by atoms with Crippen molar-refractivity contribution in [2.24, 2.45) is 7.05 Å². The van der Waals surface area contributed by atoms with Crippen molar-refractivity contribution in [3.63, 3.8) is 0 Å². The molecule has 27 heavy (non-hydrogen) atoms. The molecule has 9 heteroatoms. The van der Waals surface area contributed by atoms with Crippen LogP contribution in [-0.2, 0) is 13.6 Å². The molecule has 0 bridgehead atoms. The molecule has 5 rings (SSSR count). The van der Waals surface area contributed by atoms with E-state index in [4.69, 9.17) is 0 Å². The predicted octanol–water partition coefficient (Wildman–Crippen LogP) is 1.72. The third-order valence-electron chi connectivity index (χ3n) is 5.35. The van der Waals surface area contributed by atoms with E-state index in [1.165, 1.54) is 0 Å². The molecule has 0 saturated carbocycles. The van der Waals surface area contributed by atoms with Gasteiger partial charge in [-0.2, -0.15) is 5.10 Å². The molecule has 138 valence electrons. The van der Waals surface area contributed by atoms with Gasteiger partial charge >= 0.3 is 0 Å². The van der Waals surface area contributed by atoms with Gasteiger partial charge in [-0.05, 0) is 25.0 Å². The van der Waals surface area contributed by atoms with Crippen LogP contribution in [-0.4, -0.2) is 52.6 Å². The van der Waals surface area contributed by atoms with Crippen molar-refractivity contribution in [3.8, 4) is 0 Å². The summed E-state index contributed by atoms with van der Waals surface area (Å²) in [5.74, 6) is 3.41. The van der Waals surface area contributed by atoms with Crippen molar-refractivity contribution in [3.05, 3.63) is 48.7 Å². The fraction of sp³-hybridized carbons (Fsp3) is 0.389.